The first-order valence-electron chi connectivity index (χ1n) is 6.50. The summed E-state index contributed by atoms with van der Waals surface area (Å²) in [6.45, 7) is 4.93. The van der Waals surface area contributed by atoms with Crippen LogP contribution in [0.3, 0.4) is 0 Å². The standard InChI is InChI=1S/C14H23NO2/c1-4-11-15-14(13(16)17-5-2)9-6-7-12(3)8-10-14/h1,12,15H,5-11H2,2-3H3. The molecule has 0 aromatic rings. The van der Waals surface area contributed by atoms with Gasteiger partial charge in [0, 0.05) is 0 Å². The van der Waals surface area contributed by atoms with Gasteiger partial charge in [-0.05, 0) is 32.1 Å². The van der Waals surface area contributed by atoms with Crippen LogP contribution >= 0.6 is 0 Å². The first-order chi connectivity index (χ1) is 8.14. The summed E-state index contributed by atoms with van der Waals surface area (Å²) in [7, 11) is 0. The van der Waals surface area contributed by atoms with Crippen LogP contribution in [0.4, 0.5) is 0 Å². The Balaban J connectivity index is 2.77. The van der Waals surface area contributed by atoms with Crippen molar-refractivity contribution in [3.05, 3.63) is 0 Å². The van der Waals surface area contributed by atoms with Crippen LogP contribution in [0.25, 0.3) is 0 Å². The molecule has 1 rings (SSSR count). The molecule has 1 fully saturated rings. The number of nitrogens with one attached hydrogen (secondary N) is 1. The number of carbonyl (C=O) groups excluding carboxylic acids is 1. The van der Waals surface area contributed by atoms with E-state index < -0.39 is 5.54 Å². The van der Waals surface area contributed by atoms with Gasteiger partial charge in [-0.15, -0.1) is 6.42 Å². The number of rotatable bonds is 4. The average molecular weight is 237 g/mol. The fraction of sp³-hybridized carbons (Fsp3) is 0.786. The Morgan fingerprint density at radius 1 is 1.53 bits per heavy atom. The highest BCUT2D eigenvalue weighted by Gasteiger charge is 2.40. The molecule has 3 nitrogen and oxygen atoms in total. The first-order valence-corrected chi connectivity index (χ1v) is 6.50. The van der Waals surface area contributed by atoms with Gasteiger partial charge in [0.05, 0.1) is 13.2 Å². The molecule has 3 heteroatoms. The monoisotopic (exact) mass is 237 g/mol. The number of hydrogen-bond donors (Lipinski definition) is 1. The Hall–Kier alpha value is -1.01. The van der Waals surface area contributed by atoms with Crippen LogP contribution in [-0.2, 0) is 9.53 Å². The molecular weight excluding hydrogens is 214 g/mol. The van der Waals surface area contributed by atoms with Crippen LogP contribution < -0.4 is 5.32 Å². The summed E-state index contributed by atoms with van der Waals surface area (Å²) in [5, 5.41) is 3.22. The second-order valence-electron chi connectivity index (χ2n) is 4.90. The van der Waals surface area contributed by atoms with E-state index in [2.05, 4.69) is 18.2 Å². The molecule has 17 heavy (non-hydrogen) atoms. The lowest BCUT2D eigenvalue weighted by Gasteiger charge is -2.30. The maximum atomic E-state index is 12.1. The zero-order valence-corrected chi connectivity index (χ0v) is 10.9. The lowest BCUT2D eigenvalue weighted by atomic mass is 9.89. The lowest BCUT2D eigenvalue weighted by Crippen LogP contribution is -2.52. The minimum Gasteiger partial charge on any atom is -0.465 e. The minimum absolute atomic E-state index is 0.135. The highest BCUT2D eigenvalue weighted by molar-refractivity contribution is 5.81. The third kappa shape index (κ3) is 3.74. The minimum atomic E-state index is -0.548. The molecule has 96 valence electrons. The van der Waals surface area contributed by atoms with Gasteiger partial charge in [0.2, 0.25) is 0 Å². The van der Waals surface area contributed by atoms with Gasteiger partial charge >= 0.3 is 5.97 Å². The van der Waals surface area contributed by atoms with E-state index in [-0.39, 0.29) is 5.97 Å². The Bertz CT molecular complexity index is 295. The molecule has 2 atom stereocenters. The summed E-state index contributed by atoms with van der Waals surface area (Å²) < 4.78 is 5.20. The van der Waals surface area contributed by atoms with Gasteiger partial charge < -0.3 is 4.74 Å². The highest BCUT2D eigenvalue weighted by atomic mass is 16.5. The van der Waals surface area contributed by atoms with E-state index in [0.29, 0.717) is 19.1 Å². The SMILES string of the molecule is C#CCNC1(C(=O)OCC)CCCC(C)CC1. The Morgan fingerprint density at radius 2 is 2.29 bits per heavy atom. The van der Waals surface area contributed by atoms with Crippen molar-refractivity contribution in [3.8, 4) is 12.3 Å². The predicted molar refractivity (Wildman–Crippen MR) is 68.4 cm³/mol. The molecule has 0 radical (unpaired) electrons. The zero-order chi connectivity index (χ0) is 12.7. The van der Waals surface area contributed by atoms with Crippen molar-refractivity contribution in [1.29, 1.82) is 0 Å². The summed E-state index contributed by atoms with van der Waals surface area (Å²) in [5.41, 5.74) is -0.548. The second kappa shape index (κ2) is 6.66. The molecule has 0 spiro atoms. The quantitative estimate of drug-likeness (QED) is 0.462. The largest absolute Gasteiger partial charge is 0.465 e. The molecule has 0 heterocycles. The molecule has 1 aliphatic rings. The summed E-state index contributed by atoms with van der Waals surface area (Å²) in [4.78, 5) is 12.1. The number of ether oxygens (including phenoxy) is 1. The number of carbonyl (C=O) groups is 1. The van der Waals surface area contributed by atoms with Gasteiger partial charge in [-0.25, -0.2) is 0 Å². The fourth-order valence-electron chi connectivity index (χ4n) is 2.46. The average Bonchev–Trinajstić information content (AvgIpc) is 2.50. The summed E-state index contributed by atoms with van der Waals surface area (Å²) in [5.74, 6) is 3.09. The van der Waals surface area contributed by atoms with Crippen LogP contribution in [-0.4, -0.2) is 24.7 Å². The normalized spacial score (nSPS) is 29.1. The summed E-state index contributed by atoms with van der Waals surface area (Å²) in [6.07, 6.45) is 10.2. The van der Waals surface area contributed by atoms with E-state index >= 15 is 0 Å². The Kier molecular flexibility index (Phi) is 5.50. The van der Waals surface area contributed by atoms with Gasteiger partial charge in [0.15, 0.2) is 0 Å². The van der Waals surface area contributed by atoms with Crippen LogP contribution in [0, 0.1) is 18.3 Å². The second-order valence-corrected chi connectivity index (χ2v) is 4.90. The zero-order valence-electron chi connectivity index (χ0n) is 10.9. The van der Waals surface area contributed by atoms with Crippen molar-refractivity contribution in [3.63, 3.8) is 0 Å². The van der Waals surface area contributed by atoms with E-state index in [1.54, 1.807) is 0 Å². The molecular formula is C14H23NO2. The first kappa shape index (κ1) is 14.1. The molecule has 0 aromatic heterocycles. The maximum absolute atomic E-state index is 12.1. The predicted octanol–water partition coefficient (Wildman–Crippen LogP) is 2.11. The third-order valence-electron chi connectivity index (χ3n) is 3.56. The molecule has 0 aromatic carbocycles. The lowest BCUT2D eigenvalue weighted by molar-refractivity contribution is -0.151. The van der Waals surface area contributed by atoms with Gasteiger partial charge in [0.25, 0.3) is 0 Å². The van der Waals surface area contributed by atoms with E-state index in [9.17, 15) is 4.79 Å². The topological polar surface area (TPSA) is 38.3 Å². The van der Waals surface area contributed by atoms with Crippen molar-refractivity contribution in [2.75, 3.05) is 13.2 Å². The summed E-state index contributed by atoms with van der Waals surface area (Å²) >= 11 is 0. The van der Waals surface area contributed by atoms with Gasteiger partial charge in [-0.3, -0.25) is 10.1 Å². The number of esters is 1. The molecule has 1 aliphatic carbocycles. The van der Waals surface area contributed by atoms with Crippen molar-refractivity contribution in [2.45, 2.75) is 51.5 Å². The maximum Gasteiger partial charge on any atom is 0.326 e. The highest BCUT2D eigenvalue weighted by Crippen LogP contribution is 2.31. The van der Waals surface area contributed by atoms with Crippen LogP contribution in [0.2, 0.25) is 0 Å². The molecule has 0 amide bonds. The summed E-state index contributed by atoms with van der Waals surface area (Å²) in [6, 6.07) is 0. The molecule has 0 saturated heterocycles. The van der Waals surface area contributed by atoms with Crippen molar-refractivity contribution in [2.24, 2.45) is 5.92 Å². The van der Waals surface area contributed by atoms with Crippen LogP contribution in [0.5, 0.6) is 0 Å². The molecule has 2 unspecified atom stereocenters. The van der Waals surface area contributed by atoms with Gasteiger partial charge in [-0.1, -0.05) is 25.7 Å². The Morgan fingerprint density at radius 3 is 2.94 bits per heavy atom. The fourth-order valence-corrected chi connectivity index (χ4v) is 2.46. The molecule has 1 N–H and O–H groups in total. The smallest absolute Gasteiger partial charge is 0.326 e. The third-order valence-corrected chi connectivity index (χ3v) is 3.56. The van der Waals surface area contributed by atoms with E-state index in [1.165, 1.54) is 6.42 Å². The Labute approximate surface area is 104 Å². The van der Waals surface area contributed by atoms with E-state index in [0.717, 1.165) is 25.7 Å². The van der Waals surface area contributed by atoms with Crippen molar-refractivity contribution < 1.29 is 9.53 Å². The van der Waals surface area contributed by atoms with E-state index in [1.807, 2.05) is 6.92 Å². The molecule has 0 aliphatic heterocycles. The van der Waals surface area contributed by atoms with Gasteiger partial charge in [0.1, 0.15) is 5.54 Å². The van der Waals surface area contributed by atoms with Crippen molar-refractivity contribution >= 4 is 5.97 Å². The van der Waals surface area contributed by atoms with Crippen molar-refractivity contribution in [1.82, 2.24) is 5.32 Å². The van der Waals surface area contributed by atoms with Gasteiger partial charge in [-0.2, -0.15) is 0 Å². The molecule has 0 bridgehead atoms. The molecule has 1 saturated carbocycles. The van der Waals surface area contributed by atoms with Crippen LogP contribution in [0.15, 0.2) is 0 Å². The van der Waals surface area contributed by atoms with E-state index in [4.69, 9.17) is 11.2 Å². The van der Waals surface area contributed by atoms with Crippen LogP contribution in [0.1, 0.15) is 46.0 Å². The number of terminal acetylenes is 1. The number of hydrogen-bond acceptors (Lipinski definition) is 3.